The van der Waals surface area contributed by atoms with Gasteiger partial charge in [0.05, 0.1) is 17.8 Å². The lowest BCUT2D eigenvalue weighted by molar-refractivity contribution is 0.557. The zero-order valence-corrected chi connectivity index (χ0v) is 16.9. The SMILES string of the molecule is C[C@H](c1nnc(Nc2ccn(Cc3c(F)cccc3Cl)n2)s1)n1cc(Cl)cn1. The lowest BCUT2D eigenvalue weighted by atomic mass is 10.2. The molecule has 144 valence electrons. The summed E-state index contributed by atoms with van der Waals surface area (Å²) >= 11 is 13.4. The molecule has 0 bridgehead atoms. The van der Waals surface area contributed by atoms with E-state index in [1.165, 1.54) is 17.4 Å². The van der Waals surface area contributed by atoms with E-state index >= 15 is 0 Å². The minimum absolute atomic E-state index is 0.0960. The molecule has 0 saturated carbocycles. The van der Waals surface area contributed by atoms with Gasteiger partial charge in [0.2, 0.25) is 5.13 Å². The molecule has 0 spiro atoms. The predicted octanol–water partition coefficient (Wildman–Crippen LogP) is 4.78. The van der Waals surface area contributed by atoms with Crippen molar-refractivity contribution in [1.82, 2.24) is 29.8 Å². The van der Waals surface area contributed by atoms with Gasteiger partial charge < -0.3 is 5.32 Å². The third kappa shape index (κ3) is 4.01. The summed E-state index contributed by atoms with van der Waals surface area (Å²) in [4.78, 5) is 0. The van der Waals surface area contributed by atoms with E-state index in [4.69, 9.17) is 23.2 Å². The van der Waals surface area contributed by atoms with E-state index in [-0.39, 0.29) is 18.4 Å². The molecular formula is C17H14Cl2FN7S. The lowest BCUT2D eigenvalue weighted by Gasteiger charge is -2.07. The molecule has 0 aliphatic carbocycles. The standard InChI is InChI=1S/C17H14Cl2FN7S/c1-10(27-8-11(18)7-21-27)16-23-24-17(28-16)22-15-5-6-26(25-15)9-12-13(19)3-2-4-14(12)20/h2-8,10H,9H2,1H3,(H,22,24,25)/t10-/m1/s1. The monoisotopic (exact) mass is 437 g/mol. The minimum atomic E-state index is -0.362. The van der Waals surface area contributed by atoms with Crippen LogP contribution < -0.4 is 5.32 Å². The van der Waals surface area contributed by atoms with E-state index in [1.54, 1.807) is 46.2 Å². The van der Waals surface area contributed by atoms with Crippen LogP contribution in [0.15, 0.2) is 42.9 Å². The Morgan fingerprint density at radius 2 is 2.11 bits per heavy atom. The lowest BCUT2D eigenvalue weighted by Crippen LogP contribution is -2.06. The van der Waals surface area contributed by atoms with E-state index in [0.717, 1.165) is 5.01 Å². The summed E-state index contributed by atoms with van der Waals surface area (Å²) in [6.07, 6.45) is 5.05. The van der Waals surface area contributed by atoms with Crippen molar-refractivity contribution < 1.29 is 4.39 Å². The molecule has 4 rings (SSSR count). The summed E-state index contributed by atoms with van der Waals surface area (Å²) in [6, 6.07) is 6.27. The molecule has 3 heterocycles. The fourth-order valence-electron chi connectivity index (χ4n) is 2.57. The molecule has 28 heavy (non-hydrogen) atoms. The molecule has 0 fully saturated rings. The number of hydrogen-bond acceptors (Lipinski definition) is 6. The number of aromatic nitrogens is 6. The molecule has 0 amide bonds. The topological polar surface area (TPSA) is 73.5 Å². The van der Waals surface area contributed by atoms with Crippen molar-refractivity contribution in [3.05, 3.63) is 69.3 Å². The van der Waals surface area contributed by atoms with Crippen molar-refractivity contribution in [2.75, 3.05) is 5.32 Å². The fourth-order valence-corrected chi connectivity index (χ4v) is 3.73. The first-order valence-electron chi connectivity index (χ1n) is 8.26. The Balaban J connectivity index is 1.45. The number of anilines is 2. The van der Waals surface area contributed by atoms with E-state index in [0.29, 0.717) is 26.6 Å². The number of hydrogen-bond donors (Lipinski definition) is 1. The van der Waals surface area contributed by atoms with Crippen molar-refractivity contribution >= 4 is 45.5 Å². The fraction of sp³-hybridized carbons (Fsp3) is 0.176. The average molecular weight is 438 g/mol. The number of halogens is 3. The minimum Gasteiger partial charge on any atom is -0.313 e. The van der Waals surface area contributed by atoms with Gasteiger partial charge in [-0.2, -0.15) is 10.2 Å². The summed E-state index contributed by atoms with van der Waals surface area (Å²) in [5, 5.41) is 22.3. The van der Waals surface area contributed by atoms with Gasteiger partial charge in [-0.3, -0.25) is 9.36 Å². The highest BCUT2D eigenvalue weighted by Crippen LogP contribution is 2.27. The van der Waals surface area contributed by atoms with Crippen LogP contribution in [-0.4, -0.2) is 29.8 Å². The summed E-state index contributed by atoms with van der Waals surface area (Å²) in [5.41, 5.74) is 0.392. The Bertz CT molecular complexity index is 1090. The third-order valence-electron chi connectivity index (χ3n) is 4.02. The number of nitrogens with zero attached hydrogens (tertiary/aromatic N) is 6. The van der Waals surface area contributed by atoms with E-state index < -0.39 is 0 Å². The zero-order chi connectivity index (χ0) is 19.7. The van der Waals surface area contributed by atoms with Gasteiger partial charge in [-0.25, -0.2) is 4.39 Å². The molecule has 1 aromatic carbocycles. The van der Waals surface area contributed by atoms with Gasteiger partial charge >= 0.3 is 0 Å². The molecule has 0 unspecified atom stereocenters. The van der Waals surface area contributed by atoms with Gasteiger partial charge in [0.1, 0.15) is 16.9 Å². The number of rotatable bonds is 6. The van der Waals surface area contributed by atoms with Crippen molar-refractivity contribution in [2.24, 2.45) is 0 Å². The van der Waals surface area contributed by atoms with Crippen molar-refractivity contribution in [2.45, 2.75) is 19.5 Å². The molecule has 4 aromatic rings. The quantitative estimate of drug-likeness (QED) is 0.469. The largest absolute Gasteiger partial charge is 0.313 e. The van der Waals surface area contributed by atoms with Crippen LogP contribution in [0.3, 0.4) is 0 Å². The third-order valence-corrected chi connectivity index (χ3v) is 5.58. The molecule has 3 aromatic heterocycles. The molecule has 0 radical (unpaired) electrons. The summed E-state index contributed by atoms with van der Waals surface area (Å²) < 4.78 is 17.3. The Hall–Kier alpha value is -2.49. The van der Waals surface area contributed by atoms with Gasteiger partial charge in [0, 0.05) is 29.0 Å². The van der Waals surface area contributed by atoms with Gasteiger partial charge in [0.15, 0.2) is 5.82 Å². The Morgan fingerprint density at radius 3 is 2.86 bits per heavy atom. The van der Waals surface area contributed by atoms with Gasteiger partial charge in [-0.15, -0.1) is 10.2 Å². The maximum absolute atomic E-state index is 13.9. The smallest absolute Gasteiger partial charge is 0.211 e. The molecule has 0 saturated heterocycles. The number of benzene rings is 1. The molecular weight excluding hydrogens is 424 g/mol. The van der Waals surface area contributed by atoms with Crippen LogP contribution >= 0.6 is 34.5 Å². The van der Waals surface area contributed by atoms with Crippen molar-refractivity contribution in [3.8, 4) is 0 Å². The molecule has 11 heteroatoms. The summed E-state index contributed by atoms with van der Waals surface area (Å²) in [7, 11) is 0. The van der Waals surface area contributed by atoms with Crippen LogP contribution in [0.1, 0.15) is 23.5 Å². The van der Waals surface area contributed by atoms with Crippen LogP contribution in [0.25, 0.3) is 0 Å². The van der Waals surface area contributed by atoms with E-state index in [9.17, 15) is 4.39 Å². The maximum atomic E-state index is 13.9. The Labute approximate surface area is 173 Å². The highest BCUT2D eigenvalue weighted by molar-refractivity contribution is 7.15. The van der Waals surface area contributed by atoms with Gasteiger partial charge in [-0.1, -0.05) is 40.6 Å². The average Bonchev–Trinajstić information content (AvgIpc) is 3.40. The normalized spacial score (nSPS) is 12.3. The van der Waals surface area contributed by atoms with Crippen LogP contribution in [0.2, 0.25) is 10.0 Å². The van der Waals surface area contributed by atoms with Crippen LogP contribution in [0, 0.1) is 5.82 Å². The molecule has 0 aliphatic rings. The second-order valence-corrected chi connectivity index (χ2v) is 7.84. The van der Waals surface area contributed by atoms with Crippen LogP contribution in [0.4, 0.5) is 15.3 Å². The first-order chi connectivity index (χ1) is 13.5. The van der Waals surface area contributed by atoms with E-state index in [1.807, 2.05) is 6.92 Å². The molecule has 1 N–H and O–H groups in total. The zero-order valence-electron chi connectivity index (χ0n) is 14.6. The van der Waals surface area contributed by atoms with Crippen molar-refractivity contribution in [1.29, 1.82) is 0 Å². The van der Waals surface area contributed by atoms with Crippen molar-refractivity contribution in [3.63, 3.8) is 0 Å². The Morgan fingerprint density at radius 1 is 1.25 bits per heavy atom. The van der Waals surface area contributed by atoms with Crippen LogP contribution in [-0.2, 0) is 6.54 Å². The number of nitrogens with one attached hydrogen (secondary N) is 1. The predicted molar refractivity (Wildman–Crippen MR) is 107 cm³/mol. The first kappa shape index (κ1) is 18.9. The highest BCUT2D eigenvalue weighted by Gasteiger charge is 2.16. The molecule has 7 nitrogen and oxygen atoms in total. The summed E-state index contributed by atoms with van der Waals surface area (Å²) in [6.45, 7) is 2.19. The molecule has 1 atom stereocenters. The second-order valence-electron chi connectivity index (χ2n) is 5.98. The first-order valence-corrected chi connectivity index (χ1v) is 9.83. The van der Waals surface area contributed by atoms with Gasteiger partial charge in [0.25, 0.3) is 0 Å². The second kappa shape index (κ2) is 7.86. The van der Waals surface area contributed by atoms with Gasteiger partial charge in [-0.05, 0) is 19.1 Å². The molecule has 0 aliphatic heterocycles. The van der Waals surface area contributed by atoms with Crippen LogP contribution in [0.5, 0.6) is 0 Å². The maximum Gasteiger partial charge on any atom is 0.211 e. The Kier molecular flexibility index (Phi) is 5.29. The highest BCUT2D eigenvalue weighted by atomic mass is 35.5. The van der Waals surface area contributed by atoms with E-state index in [2.05, 4.69) is 25.7 Å². The summed E-state index contributed by atoms with van der Waals surface area (Å²) in [5.74, 6) is 0.212.